The van der Waals surface area contributed by atoms with E-state index in [0.717, 1.165) is 102 Å². The number of aliphatic hydroxyl groups excluding tert-OH is 1. The summed E-state index contributed by atoms with van der Waals surface area (Å²) < 4.78 is 68.9. The van der Waals surface area contributed by atoms with Crippen LogP contribution in [0, 0.1) is 11.8 Å². The van der Waals surface area contributed by atoms with Crippen LogP contribution in [0.25, 0.3) is 0 Å². The van der Waals surface area contributed by atoms with Crippen LogP contribution in [0.4, 0.5) is 0 Å². The van der Waals surface area contributed by atoms with Crippen LogP contribution in [0.2, 0.25) is 0 Å². The van der Waals surface area contributed by atoms with E-state index in [9.17, 15) is 43.2 Å². The topological polar surface area (TPSA) is 237 Å². The molecule has 7 atom stereocenters. The second-order valence-corrected chi connectivity index (χ2v) is 34.7. The van der Waals surface area contributed by atoms with Crippen LogP contribution < -0.4 is 0 Å². The van der Waals surface area contributed by atoms with Gasteiger partial charge in [0.25, 0.3) is 0 Å². The van der Waals surface area contributed by atoms with Gasteiger partial charge >= 0.3 is 39.5 Å². The Morgan fingerprint density at radius 2 is 0.453 bits per heavy atom. The largest absolute Gasteiger partial charge is 0.472 e. The third-order valence-electron chi connectivity index (χ3n) is 21.2. The SMILES string of the molecule is CCCCCCCCCCCCCCCCCCCCCC(=O)OC[C@H](COP(=O)(O)OC[C@@H](O)COP(=O)(O)OC[C@@H](COC(=O)CCCCCCCCCCC(C)CC)OC(=O)CCCCCCCCCCCCCCC)OC(=O)CCCCCCCCCCCCCCCCCCCCC(C)CC. The molecule has 630 valence electrons. The number of hydrogen-bond acceptors (Lipinski definition) is 15. The number of carbonyl (C=O) groups is 4. The lowest BCUT2D eigenvalue weighted by molar-refractivity contribution is -0.161. The van der Waals surface area contributed by atoms with Crippen LogP contribution in [0.3, 0.4) is 0 Å². The molecule has 0 amide bonds. The van der Waals surface area contributed by atoms with Gasteiger partial charge in [0.05, 0.1) is 26.4 Å². The zero-order valence-electron chi connectivity index (χ0n) is 69.7. The summed E-state index contributed by atoms with van der Waals surface area (Å²) in [5.74, 6) is -0.452. The fraction of sp³-hybridized carbons (Fsp3) is 0.954. The molecule has 19 heteroatoms. The standard InChI is InChI=1S/C87H170O17P2/c1-7-11-13-15-17-19-21-23-24-25-26-30-33-37-40-44-51-57-63-69-84(89)97-75-82(103-87(92)72-66-60-54-46-42-38-34-31-28-27-29-32-36-39-43-49-55-61-67-79(5)9-3)77-101-105(93,94)99-73-81(88)74-100-106(95,96)102-78-83(76-98-85(90)70-64-58-52-48-47-50-56-62-68-80(6)10-4)104-86(91)71-65-59-53-45-41-35-22-20-18-16-14-12-8-2/h79-83,88H,7-78H2,1-6H3,(H,93,94)(H,95,96)/t79?,80?,81-,82-,83-/m1/s1. The summed E-state index contributed by atoms with van der Waals surface area (Å²) in [7, 11) is -9.93. The molecule has 0 aromatic rings. The highest BCUT2D eigenvalue weighted by Crippen LogP contribution is 2.45. The molecular weight excluding hydrogens is 1380 g/mol. The monoisotopic (exact) mass is 1550 g/mol. The Morgan fingerprint density at radius 3 is 0.670 bits per heavy atom. The fourth-order valence-corrected chi connectivity index (χ4v) is 15.1. The van der Waals surface area contributed by atoms with Gasteiger partial charge in [0, 0.05) is 25.7 Å². The van der Waals surface area contributed by atoms with Crippen molar-refractivity contribution in [1.29, 1.82) is 0 Å². The molecule has 0 spiro atoms. The molecule has 0 fully saturated rings. The lowest BCUT2D eigenvalue weighted by Crippen LogP contribution is -2.30. The van der Waals surface area contributed by atoms with Gasteiger partial charge in [0.1, 0.15) is 19.3 Å². The third kappa shape index (κ3) is 77.4. The third-order valence-corrected chi connectivity index (χ3v) is 23.1. The van der Waals surface area contributed by atoms with E-state index in [4.69, 9.17) is 37.0 Å². The number of aliphatic hydroxyl groups is 1. The molecular formula is C87H170O17P2. The van der Waals surface area contributed by atoms with E-state index in [-0.39, 0.29) is 25.7 Å². The highest BCUT2D eigenvalue weighted by molar-refractivity contribution is 7.47. The van der Waals surface area contributed by atoms with Gasteiger partial charge in [-0.1, -0.05) is 414 Å². The summed E-state index contributed by atoms with van der Waals surface area (Å²) >= 11 is 0. The predicted octanol–water partition coefficient (Wildman–Crippen LogP) is 26.6. The van der Waals surface area contributed by atoms with E-state index in [1.54, 1.807) is 0 Å². The van der Waals surface area contributed by atoms with Gasteiger partial charge < -0.3 is 33.8 Å². The maximum absolute atomic E-state index is 13.2. The predicted molar refractivity (Wildman–Crippen MR) is 437 cm³/mol. The first-order valence-electron chi connectivity index (χ1n) is 45.1. The van der Waals surface area contributed by atoms with E-state index in [1.807, 2.05) is 0 Å². The molecule has 106 heavy (non-hydrogen) atoms. The molecule has 3 N–H and O–H groups in total. The highest BCUT2D eigenvalue weighted by Gasteiger charge is 2.30. The number of ether oxygens (including phenoxy) is 4. The van der Waals surface area contributed by atoms with Gasteiger partial charge in [-0.2, -0.15) is 0 Å². The number of esters is 4. The molecule has 0 aliphatic carbocycles. The molecule has 0 heterocycles. The lowest BCUT2D eigenvalue weighted by atomic mass is 9.99. The molecule has 0 aliphatic heterocycles. The van der Waals surface area contributed by atoms with Crippen molar-refractivity contribution in [2.75, 3.05) is 39.6 Å². The van der Waals surface area contributed by atoms with E-state index < -0.39 is 97.5 Å². The normalized spacial score (nSPS) is 14.3. The van der Waals surface area contributed by atoms with Crippen molar-refractivity contribution in [2.24, 2.45) is 11.8 Å². The van der Waals surface area contributed by atoms with Crippen molar-refractivity contribution in [2.45, 2.75) is 484 Å². The first-order chi connectivity index (χ1) is 51.4. The molecule has 0 aromatic heterocycles. The molecule has 0 rings (SSSR count). The molecule has 0 radical (unpaired) electrons. The van der Waals surface area contributed by atoms with Crippen molar-refractivity contribution in [1.82, 2.24) is 0 Å². The van der Waals surface area contributed by atoms with Crippen molar-refractivity contribution in [3.05, 3.63) is 0 Å². The summed E-state index contributed by atoms with van der Waals surface area (Å²) in [4.78, 5) is 73.3. The van der Waals surface area contributed by atoms with Gasteiger partial charge in [-0.05, 0) is 37.5 Å². The van der Waals surface area contributed by atoms with Crippen LogP contribution in [0.5, 0.6) is 0 Å². The van der Waals surface area contributed by atoms with Gasteiger partial charge in [0.2, 0.25) is 0 Å². The van der Waals surface area contributed by atoms with Crippen LogP contribution in [0.1, 0.15) is 465 Å². The summed E-state index contributed by atoms with van der Waals surface area (Å²) in [6.07, 6.45) is 70.7. The summed E-state index contributed by atoms with van der Waals surface area (Å²) in [5, 5.41) is 10.7. The highest BCUT2D eigenvalue weighted by atomic mass is 31.2. The smallest absolute Gasteiger partial charge is 0.462 e. The zero-order valence-corrected chi connectivity index (χ0v) is 71.5. The minimum absolute atomic E-state index is 0.108. The van der Waals surface area contributed by atoms with Crippen LogP contribution >= 0.6 is 15.6 Å². The maximum atomic E-state index is 13.2. The molecule has 0 saturated heterocycles. The first-order valence-corrected chi connectivity index (χ1v) is 48.1. The van der Waals surface area contributed by atoms with Crippen molar-refractivity contribution >= 4 is 39.5 Å². The Balaban J connectivity index is 5.23. The number of unbranched alkanes of at least 4 members (excludes halogenated alkanes) is 54. The van der Waals surface area contributed by atoms with E-state index in [1.165, 1.54) is 283 Å². The summed E-state index contributed by atoms with van der Waals surface area (Å²) in [5.41, 5.74) is 0. The van der Waals surface area contributed by atoms with Crippen LogP contribution in [0.15, 0.2) is 0 Å². The molecule has 0 aromatic carbocycles. The first kappa shape index (κ1) is 104. The van der Waals surface area contributed by atoms with Crippen molar-refractivity contribution in [3.8, 4) is 0 Å². The molecule has 4 unspecified atom stereocenters. The Bertz CT molecular complexity index is 2030. The van der Waals surface area contributed by atoms with Gasteiger partial charge in [-0.3, -0.25) is 37.3 Å². The average Bonchev–Trinajstić information content (AvgIpc) is 1.08. The number of phosphoric ester groups is 2. The molecule has 0 aliphatic rings. The number of phosphoric acid groups is 2. The quantitative estimate of drug-likeness (QED) is 0.0222. The van der Waals surface area contributed by atoms with Crippen molar-refractivity contribution in [3.63, 3.8) is 0 Å². The zero-order chi connectivity index (χ0) is 77.8. The number of rotatable bonds is 86. The second kappa shape index (κ2) is 78.3. The van der Waals surface area contributed by atoms with E-state index in [2.05, 4.69) is 41.5 Å². The number of hydrogen-bond donors (Lipinski definition) is 3. The second-order valence-electron chi connectivity index (χ2n) is 31.8. The summed E-state index contributed by atoms with van der Waals surface area (Å²) in [6.45, 7) is 9.75. The van der Waals surface area contributed by atoms with E-state index in [0.29, 0.717) is 25.7 Å². The Labute approximate surface area is 651 Å². The number of carbonyl (C=O) groups excluding carboxylic acids is 4. The molecule has 17 nitrogen and oxygen atoms in total. The van der Waals surface area contributed by atoms with E-state index >= 15 is 0 Å². The minimum atomic E-state index is -4.97. The van der Waals surface area contributed by atoms with Gasteiger partial charge in [-0.25, -0.2) is 9.13 Å². The van der Waals surface area contributed by atoms with Gasteiger partial charge in [-0.15, -0.1) is 0 Å². The Morgan fingerprint density at radius 1 is 0.264 bits per heavy atom. The minimum Gasteiger partial charge on any atom is -0.462 e. The Kier molecular flexibility index (Phi) is 76.9. The van der Waals surface area contributed by atoms with Crippen LogP contribution in [-0.4, -0.2) is 96.7 Å². The average molecular weight is 1550 g/mol. The molecule has 0 bridgehead atoms. The Hall–Kier alpha value is -1.94. The fourth-order valence-electron chi connectivity index (χ4n) is 13.5. The van der Waals surface area contributed by atoms with Crippen LogP contribution in [-0.2, 0) is 65.4 Å². The summed E-state index contributed by atoms with van der Waals surface area (Å²) in [6, 6.07) is 0. The maximum Gasteiger partial charge on any atom is 0.472 e. The molecule has 0 saturated carbocycles. The van der Waals surface area contributed by atoms with Gasteiger partial charge in [0.15, 0.2) is 12.2 Å². The van der Waals surface area contributed by atoms with Crippen molar-refractivity contribution < 1.29 is 80.2 Å². The lowest BCUT2D eigenvalue weighted by Gasteiger charge is -2.21.